The van der Waals surface area contributed by atoms with Gasteiger partial charge in [0.1, 0.15) is 5.82 Å². The molecule has 2 nitrogen and oxygen atoms in total. The molecule has 1 aromatic carbocycles. The molecule has 0 radical (unpaired) electrons. The summed E-state index contributed by atoms with van der Waals surface area (Å²) >= 11 is 0. The van der Waals surface area contributed by atoms with Gasteiger partial charge in [-0.2, -0.15) is 9.49 Å². The van der Waals surface area contributed by atoms with E-state index in [1.165, 1.54) is 18.3 Å². The number of hydrogen-bond donors (Lipinski definition) is 0. The van der Waals surface area contributed by atoms with Crippen LogP contribution in [0.25, 0.3) is 0 Å². The molecule has 14 heavy (non-hydrogen) atoms. The Morgan fingerprint density at radius 2 is 1.93 bits per heavy atom. The summed E-state index contributed by atoms with van der Waals surface area (Å²) in [5.41, 5.74) is 0.426. The van der Waals surface area contributed by atoms with Gasteiger partial charge in [0.2, 0.25) is 5.95 Å². The zero-order valence-electron chi connectivity index (χ0n) is 7.32. The van der Waals surface area contributed by atoms with E-state index in [2.05, 4.69) is 5.10 Å². The van der Waals surface area contributed by atoms with Crippen LogP contribution in [0.2, 0.25) is 0 Å². The molecule has 0 aliphatic heterocycles. The van der Waals surface area contributed by atoms with Crippen molar-refractivity contribution in [1.82, 2.24) is 9.78 Å². The molecule has 2 aromatic rings. The maximum atomic E-state index is 13.1. The van der Waals surface area contributed by atoms with Gasteiger partial charge in [0.05, 0.1) is 12.7 Å². The van der Waals surface area contributed by atoms with E-state index >= 15 is 0 Å². The normalized spacial score (nSPS) is 10.4. The number of aromatic nitrogens is 2. The monoisotopic (exact) mass is 194 g/mol. The van der Waals surface area contributed by atoms with E-state index in [-0.39, 0.29) is 12.4 Å². The Hall–Kier alpha value is -1.71. The second-order valence-corrected chi connectivity index (χ2v) is 2.90. The van der Waals surface area contributed by atoms with Crippen molar-refractivity contribution in [2.24, 2.45) is 0 Å². The minimum absolute atomic E-state index is 0.117. The second kappa shape index (κ2) is 3.57. The molecule has 0 amide bonds. The Morgan fingerprint density at radius 3 is 2.57 bits per heavy atom. The first-order chi connectivity index (χ1) is 6.77. The van der Waals surface area contributed by atoms with Crippen LogP contribution in [-0.4, -0.2) is 9.78 Å². The van der Waals surface area contributed by atoms with Crippen molar-refractivity contribution in [3.05, 3.63) is 53.9 Å². The van der Waals surface area contributed by atoms with E-state index in [0.29, 0.717) is 5.56 Å². The lowest BCUT2D eigenvalue weighted by molar-refractivity contribution is 0.472. The summed E-state index contributed by atoms with van der Waals surface area (Å²) in [6.45, 7) is 0.117. The highest BCUT2D eigenvalue weighted by molar-refractivity contribution is 5.17. The quantitative estimate of drug-likeness (QED) is 0.716. The lowest BCUT2D eigenvalue weighted by Crippen LogP contribution is -2.05. The van der Waals surface area contributed by atoms with Crippen molar-refractivity contribution in [2.45, 2.75) is 6.54 Å². The zero-order chi connectivity index (χ0) is 9.97. The fraction of sp³-hybridized carbons (Fsp3) is 0.100. The summed E-state index contributed by atoms with van der Waals surface area (Å²) in [6.07, 6.45) is 1.34. The molecule has 0 saturated heterocycles. The van der Waals surface area contributed by atoms with E-state index in [9.17, 15) is 8.78 Å². The molecule has 2 rings (SSSR count). The van der Waals surface area contributed by atoms with Crippen LogP contribution in [0.4, 0.5) is 8.78 Å². The Morgan fingerprint density at radius 1 is 1.14 bits per heavy atom. The van der Waals surface area contributed by atoms with Crippen molar-refractivity contribution in [2.75, 3.05) is 0 Å². The lowest BCUT2D eigenvalue weighted by Gasteiger charge is -2.03. The Kier molecular flexibility index (Phi) is 2.26. The molecule has 0 aliphatic rings. The fourth-order valence-corrected chi connectivity index (χ4v) is 1.22. The molecule has 0 atom stereocenters. The Bertz CT molecular complexity index is 437. The molecule has 4 heteroatoms. The zero-order valence-corrected chi connectivity index (χ0v) is 7.32. The van der Waals surface area contributed by atoms with Crippen LogP contribution in [0.15, 0.2) is 36.5 Å². The van der Waals surface area contributed by atoms with Gasteiger partial charge in [0.25, 0.3) is 0 Å². The molecule has 0 aliphatic carbocycles. The highest BCUT2D eigenvalue weighted by Crippen LogP contribution is 2.08. The van der Waals surface area contributed by atoms with Gasteiger partial charge in [-0.1, -0.05) is 18.2 Å². The predicted octanol–water partition coefficient (Wildman–Crippen LogP) is 2.21. The van der Waals surface area contributed by atoms with Gasteiger partial charge in [0.15, 0.2) is 0 Å². The van der Waals surface area contributed by atoms with Gasteiger partial charge < -0.3 is 0 Å². The van der Waals surface area contributed by atoms with Gasteiger partial charge in [-0.3, -0.25) is 0 Å². The summed E-state index contributed by atoms with van der Waals surface area (Å²) < 4.78 is 27.2. The van der Waals surface area contributed by atoms with E-state index in [4.69, 9.17) is 0 Å². The number of benzene rings is 1. The summed E-state index contributed by atoms with van der Waals surface area (Å²) in [6, 6.07) is 7.49. The van der Waals surface area contributed by atoms with E-state index < -0.39 is 5.95 Å². The number of rotatable bonds is 2. The van der Waals surface area contributed by atoms with Crippen molar-refractivity contribution < 1.29 is 8.78 Å². The van der Waals surface area contributed by atoms with Crippen LogP contribution in [0, 0.1) is 11.8 Å². The van der Waals surface area contributed by atoms with Gasteiger partial charge in [-0.15, -0.1) is 0 Å². The molecular weight excluding hydrogens is 186 g/mol. The number of hydrogen-bond acceptors (Lipinski definition) is 1. The Labute approximate surface area is 79.8 Å². The van der Waals surface area contributed by atoms with Crippen molar-refractivity contribution >= 4 is 0 Å². The third-order valence-corrected chi connectivity index (χ3v) is 1.94. The van der Waals surface area contributed by atoms with Gasteiger partial charge in [-0.05, 0) is 6.07 Å². The number of nitrogens with zero attached hydrogens (tertiary/aromatic N) is 2. The minimum Gasteiger partial charge on any atom is -0.235 e. The molecule has 1 heterocycles. The average molecular weight is 194 g/mol. The van der Waals surface area contributed by atoms with Gasteiger partial charge in [-0.25, -0.2) is 9.07 Å². The minimum atomic E-state index is -0.465. The van der Waals surface area contributed by atoms with Crippen molar-refractivity contribution in [3.8, 4) is 0 Å². The first kappa shape index (κ1) is 8.87. The molecular formula is C10H8F2N2. The van der Waals surface area contributed by atoms with Crippen LogP contribution in [-0.2, 0) is 6.54 Å². The lowest BCUT2D eigenvalue weighted by atomic mass is 10.2. The van der Waals surface area contributed by atoms with E-state index in [1.54, 1.807) is 18.2 Å². The smallest absolute Gasteiger partial charge is 0.211 e. The molecule has 0 fully saturated rings. The summed E-state index contributed by atoms with van der Waals surface area (Å²) in [5, 5.41) is 3.73. The summed E-state index contributed by atoms with van der Waals surface area (Å²) in [7, 11) is 0. The number of halogens is 2. The largest absolute Gasteiger partial charge is 0.235 e. The van der Waals surface area contributed by atoms with E-state index in [1.807, 2.05) is 0 Å². The van der Waals surface area contributed by atoms with Gasteiger partial charge in [0, 0.05) is 11.6 Å². The average Bonchev–Trinajstić information content (AvgIpc) is 2.56. The molecule has 0 saturated carbocycles. The SMILES string of the molecule is Fc1ccccc1Cn1nccc1F. The second-order valence-electron chi connectivity index (χ2n) is 2.90. The van der Waals surface area contributed by atoms with Crippen LogP contribution < -0.4 is 0 Å². The molecule has 0 N–H and O–H groups in total. The highest BCUT2D eigenvalue weighted by Gasteiger charge is 2.05. The molecule has 0 spiro atoms. The Balaban J connectivity index is 2.28. The highest BCUT2D eigenvalue weighted by atomic mass is 19.1. The first-order valence-corrected chi connectivity index (χ1v) is 4.18. The maximum Gasteiger partial charge on any atom is 0.211 e. The van der Waals surface area contributed by atoms with Crippen LogP contribution in [0.3, 0.4) is 0 Å². The maximum absolute atomic E-state index is 13.1. The summed E-state index contributed by atoms with van der Waals surface area (Å²) in [5.74, 6) is -0.810. The van der Waals surface area contributed by atoms with Crippen molar-refractivity contribution in [1.29, 1.82) is 0 Å². The van der Waals surface area contributed by atoms with Crippen molar-refractivity contribution in [3.63, 3.8) is 0 Å². The third kappa shape index (κ3) is 1.64. The first-order valence-electron chi connectivity index (χ1n) is 4.18. The van der Waals surface area contributed by atoms with Crippen LogP contribution >= 0.6 is 0 Å². The third-order valence-electron chi connectivity index (χ3n) is 1.94. The standard InChI is InChI=1S/C10H8F2N2/c11-9-4-2-1-3-8(9)7-14-10(12)5-6-13-14/h1-6H,7H2. The van der Waals surface area contributed by atoms with Crippen LogP contribution in [0.5, 0.6) is 0 Å². The van der Waals surface area contributed by atoms with Crippen LogP contribution in [0.1, 0.15) is 5.56 Å². The topological polar surface area (TPSA) is 17.8 Å². The molecule has 0 bridgehead atoms. The summed E-state index contributed by atoms with van der Waals surface area (Å²) in [4.78, 5) is 0. The molecule has 0 unspecified atom stereocenters. The van der Waals surface area contributed by atoms with Gasteiger partial charge >= 0.3 is 0 Å². The fourth-order valence-electron chi connectivity index (χ4n) is 1.22. The van der Waals surface area contributed by atoms with E-state index in [0.717, 1.165) is 4.68 Å². The molecule has 1 aromatic heterocycles. The molecule has 72 valence electrons. The predicted molar refractivity (Wildman–Crippen MR) is 47.7 cm³/mol.